The summed E-state index contributed by atoms with van der Waals surface area (Å²) < 4.78 is 42.8. The van der Waals surface area contributed by atoms with Crippen LogP contribution >= 0.6 is 0 Å². The molecular formula is C6H10N4. The van der Waals surface area contributed by atoms with Gasteiger partial charge < -0.3 is 10.6 Å². The zero-order valence-corrected chi connectivity index (χ0v) is 5.07. The molecule has 0 fully saturated rings. The maximum absolute atomic E-state index is 7.14. The van der Waals surface area contributed by atoms with Crippen molar-refractivity contribution in [3.8, 4) is 0 Å². The third-order valence-corrected chi connectivity index (χ3v) is 0.887. The van der Waals surface area contributed by atoms with Crippen molar-refractivity contribution in [2.45, 2.75) is 0 Å². The maximum atomic E-state index is 7.14. The molecule has 0 unspecified atom stereocenters. The number of aromatic nitrogens is 2. The van der Waals surface area contributed by atoms with Gasteiger partial charge in [-0.15, -0.1) is 0 Å². The van der Waals surface area contributed by atoms with Gasteiger partial charge in [0.1, 0.15) is 11.6 Å². The molecule has 1 aromatic heterocycles. The van der Waals surface area contributed by atoms with Gasteiger partial charge in [0, 0.05) is 22.2 Å². The summed E-state index contributed by atoms with van der Waals surface area (Å²) in [6, 6.07) is 0. The summed E-state index contributed by atoms with van der Waals surface area (Å²) in [5, 5.41) is 0. The Morgan fingerprint density at radius 2 is 2.30 bits per heavy atom. The minimum Gasteiger partial charge on any atom is -0.382 e. The number of nitrogens with two attached hydrogens (primary N) is 1. The first-order valence-electron chi connectivity index (χ1n) is 5.50. The Kier molecular flexibility index (Phi) is 0.597. The quantitative estimate of drug-likeness (QED) is 0.608. The Morgan fingerprint density at radius 1 is 1.50 bits per heavy atom. The topological polar surface area (TPSA) is 55.0 Å². The summed E-state index contributed by atoms with van der Waals surface area (Å²) in [6.45, 7) is -5.65. The highest BCUT2D eigenvalue weighted by Gasteiger charge is 1.94. The van der Waals surface area contributed by atoms with E-state index in [0.717, 1.165) is 12.4 Å². The summed E-state index contributed by atoms with van der Waals surface area (Å²) >= 11 is 0. The minimum absolute atomic E-state index is 0.0831. The summed E-state index contributed by atoms with van der Waals surface area (Å²) in [5.41, 5.74) is 5.27. The van der Waals surface area contributed by atoms with Crippen LogP contribution < -0.4 is 10.6 Å². The molecule has 0 aliphatic carbocycles. The zero-order chi connectivity index (χ0) is 12.6. The van der Waals surface area contributed by atoms with Crippen LogP contribution in [-0.2, 0) is 0 Å². The molecule has 54 valence electrons. The van der Waals surface area contributed by atoms with Crippen molar-refractivity contribution in [2.24, 2.45) is 0 Å². The monoisotopic (exact) mass is 144 g/mol. The van der Waals surface area contributed by atoms with Crippen LogP contribution in [-0.4, -0.2) is 23.9 Å². The van der Waals surface area contributed by atoms with Crippen LogP contribution in [0.25, 0.3) is 0 Å². The van der Waals surface area contributed by atoms with E-state index < -0.39 is 14.0 Å². The van der Waals surface area contributed by atoms with Crippen molar-refractivity contribution >= 4 is 11.6 Å². The van der Waals surface area contributed by atoms with Crippen molar-refractivity contribution < 1.29 is 8.22 Å². The van der Waals surface area contributed by atoms with E-state index in [4.69, 9.17) is 14.0 Å². The van der Waals surface area contributed by atoms with E-state index in [9.17, 15) is 0 Å². The highest BCUT2D eigenvalue weighted by Crippen LogP contribution is 2.03. The van der Waals surface area contributed by atoms with Gasteiger partial charge in [-0.25, -0.2) is 9.97 Å². The molecule has 0 aromatic carbocycles. The summed E-state index contributed by atoms with van der Waals surface area (Å²) in [6.07, 6.45) is 2.11. The van der Waals surface area contributed by atoms with Gasteiger partial charge in [0.25, 0.3) is 0 Å². The highest BCUT2D eigenvalue weighted by molar-refractivity contribution is 5.37. The van der Waals surface area contributed by atoms with Gasteiger partial charge in [0.15, 0.2) is 0 Å². The largest absolute Gasteiger partial charge is 0.382 e. The lowest BCUT2D eigenvalue weighted by Gasteiger charge is -2.08. The fraction of sp³-hybridized carbons (Fsp3) is 0.333. The zero-order valence-electron chi connectivity index (χ0n) is 11.1. The van der Waals surface area contributed by atoms with E-state index in [2.05, 4.69) is 9.97 Å². The van der Waals surface area contributed by atoms with Crippen LogP contribution in [0.1, 0.15) is 8.22 Å². The van der Waals surface area contributed by atoms with Gasteiger partial charge in [-0.05, 0) is 0 Å². The van der Waals surface area contributed by atoms with Gasteiger partial charge in [-0.3, -0.25) is 0 Å². The van der Waals surface area contributed by atoms with Crippen molar-refractivity contribution in [2.75, 3.05) is 24.6 Å². The minimum atomic E-state index is -2.82. The molecule has 0 aliphatic heterocycles. The number of rotatable bonds is 1. The van der Waals surface area contributed by atoms with Gasteiger partial charge in [-0.1, -0.05) is 0 Å². The van der Waals surface area contributed by atoms with Crippen molar-refractivity contribution in [3.63, 3.8) is 0 Å². The lowest BCUT2D eigenvalue weighted by atomic mass is 10.6. The van der Waals surface area contributed by atoms with Crippen LogP contribution in [0.5, 0.6) is 0 Å². The smallest absolute Gasteiger partial charge is 0.146 e. The number of anilines is 2. The van der Waals surface area contributed by atoms with E-state index in [1.807, 2.05) is 0 Å². The van der Waals surface area contributed by atoms with E-state index >= 15 is 0 Å². The molecule has 2 N–H and O–H groups in total. The first-order chi connectivity index (χ1) is 7.12. The number of hydrogen-bond donors (Lipinski definition) is 1. The number of hydrogen-bond acceptors (Lipinski definition) is 4. The van der Waals surface area contributed by atoms with E-state index in [1.54, 1.807) is 0 Å². The van der Waals surface area contributed by atoms with Crippen molar-refractivity contribution in [1.29, 1.82) is 0 Å². The first kappa shape index (κ1) is 2.38. The van der Waals surface area contributed by atoms with Crippen molar-refractivity contribution in [3.05, 3.63) is 12.4 Å². The summed E-state index contributed by atoms with van der Waals surface area (Å²) in [7, 11) is 0. The molecule has 0 amide bonds. The average Bonchev–Trinajstić information content (AvgIpc) is 2.03. The van der Waals surface area contributed by atoms with E-state index in [1.165, 1.54) is 0 Å². The third kappa shape index (κ3) is 1.34. The molecule has 1 rings (SSSR count). The number of nitrogens with zero attached hydrogens (tertiary/aromatic N) is 3. The molecule has 0 spiro atoms. The summed E-state index contributed by atoms with van der Waals surface area (Å²) in [5.74, 6) is -0.186. The predicted octanol–water partition coefficient (Wildman–Crippen LogP) is 0.125. The van der Waals surface area contributed by atoms with E-state index in [-0.39, 0.29) is 16.5 Å². The van der Waals surface area contributed by atoms with Crippen LogP contribution in [0.4, 0.5) is 11.6 Å². The third-order valence-electron chi connectivity index (χ3n) is 0.887. The molecule has 4 heteroatoms. The Labute approximate surface area is 68.1 Å². The normalized spacial score (nSPS) is 20.8. The second-order valence-electron chi connectivity index (χ2n) is 1.63. The molecule has 1 aromatic rings. The van der Waals surface area contributed by atoms with Gasteiger partial charge >= 0.3 is 0 Å². The van der Waals surface area contributed by atoms with Crippen LogP contribution in [0.3, 0.4) is 0 Å². The Bertz CT molecular complexity index is 341. The SMILES string of the molecule is [2H]C([2H])([2H])N(c1cnc(N)cn1)C([2H])([2H])[2H]. The van der Waals surface area contributed by atoms with E-state index in [0.29, 0.717) is 0 Å². The Hall–Kier alpha value is -1.32. The van der Waals surface area contributed by atoms with Crippen molar-refractivity contribution in [1.82, 2.24) is 9.97 Å². The predicted molar refractivity (Wildman–Crippen MR) is 40.8 cm³/mol. The maximum Gasteiger partial charge on any atom is 0.146 e. The van der Waals surface area contributed by atoms with Crippen LogP contribution in [0, 0.1) is 0 Å². The molecule has 10 heavy (non-hydrogen) atoms. The lowest BCUT2D eigenvalue weighted by Crippen LogP contribution is -2.10. The second-order valence-corrected chi connectivity index (χ2v) is 1.63. The molecule has 0 radical (unpaired) electrons. The van der Waals surface area contributed by atoms with Gasteiger partial charge in [-0.2, -0.15) is 0 Å². The second kappa shape index (κ2) is 2.51. The van der Waals surface area contributed by atoms with Crippen LogP contribution in [0.15, 0.2) is 12.4 Å². The Balaban J connectivity index is 3.18. The lowest BCUT2D eigenvalue weighted by molar-refractivity contribution is 1.04. The van der Waals surface area contributed by atoms with Gasteiger partial charge in [0.05, 0.1) is 12.4 Å². The fourth-order valence-corrected chi connectivity index (χ4v) is 0.447. The molecule has 0 atom stereocenters. The molecule has 0 saturated heterocycles. The number of nitrogen functional groups attached to an aromatic ring is 1. The molecule has 0 saturated carbocycles. The molecule has 0 bridgehead atoms. The molecule has 4 nitrogen and oxygen atoms in total. The van der Waals surface area contributed by atoms with Crippen LogP contribution in [0.2, 0.25) is 0 Å². The van der Waals surface area contributed by atoms with Gasteiger partial charge in [0.2, 0.25) is 0 Å². The molecule has 0 aliphatic rings. The standard InChI is InChI=1S/C6H10N4/c1-10(2)6-4-8-5(7)3-9-6/h3-4H,1-2H3,(H2,7,8)/i1D3,2D3. The fourth-order valence-electron chi connectivity index (χ4n) is 0.447. The Morgan fingerprint density at radius 3 is 2.80 bits per heavy atom. The summed E-state index contributed by atoms with van der Waals surface area (Å²) in [4.78, 5) is 7.47. The average molecular weight is 144 g/mol. The highest BCUT2D eigenvalue weighted by atomic mass is 15.1. The molecule has 1 heterocycles. The first-order valence-corrected chi connectivity index (χ1v) is 2.50. The molecular weight excluding hydrogens is 128 g/mol.